The van der Waals surface area contributed by atoms with Crippen LogP contribution in [-0.2, 0) is 23.9 Å². The first-order valence-corrected chi connectivity index (χ1v) is 9.20. The highest BCUT2D eigenvalue weighted by Crippen LogP contribution is 2.34. The van der Waals surface area contributed by atoms with Crippen molar-refractivity contribution in [3.63, 3.8) is 0 Å². The van der Waals surface area contributed by atoms with Gasteiger partial charge in [0.05, 0.1) is 6.04 Å². The molecule has 2 rings (SSSR count). The molecular weight excluding hydrogens is 474 g/mol. The fraction of sp³-hybridized carbons (Fsp3) is 0.444. The predicted octanol–water partition coefficient (Wildman–Crippen LogP) is 2.75. The van der Waals surface area contributed by atoms with E-state index < -0.39 is 59.3 Å². The first-order valence-electron chi connectivity index (χ1n) is 8.82. The van der Waals surface area contributed by atoms with Crippen molar-refractivity contribution in [1.29, 1.82) is 0 Å². The standard InChI is InChI=1S/C14H15F3N2O2.C4H2ClF3O3/c1-7-2-3-11(19(6-7)14(21)13(18)20)8-4-9(15)12(17)10(16)5-8;5-2(9)3(10)11-1-4(6,7)8/h4-5,7,11H,2-3,6H2,1H3,(H2,18,20);1H2/t7-,11+;/m0./s1. The van der Waals surface area contributed by atoms with Gasteiger partial charge in [-0.05, 0) is 48.1 Å². The Balaban J connectivity index is 0.000000396. The molecule has 32 heavy (non-hydrogen) atoms. The van der Waals surface area contributed by atoms with Crippen LogP contribution in [0.4, 0.5) is 26.3 Å². The third kappa shape index (κ3) is 8.02. The molecule has 178 valence electrons. The topological polar surface area (TPSA) is 107 Å². The normalized spacial score (nSPS) is 18.3. The molecule has 1 aromatic rings. The van der Waals surface area contributed by atoms with Crippen LogP contribution in [-0.4, -0.2) is 47.3 Å². The Morgan fingerprint density at radius 2 is 1.66 bits per heavy atom. The lowest BCUT2D eigenvalue weighted by Gasteiger charge is -2.38. The van der Waals surface area contributed by atoms with Gasteiger partial charge < -0.3 is 15.4 Å². The van der Waals surface area contributed by atoms with Gasteiger partial charge in [-0.3, -0.25) is 14.4 Å². The number of ether oxygens (including phenoxy) is 1. The van der Waals surface area contributed by atoms with Gasteiger partial charge in [-0.25, -0.2) is 18.0 Å². The van der Waals surface area contributed by atoms with Crippen molar-refractivity contribution >= 4 is 34.6 Å². The van der Waals surface area contributed by atoms with Gasteiger partial charge in [0.15, 0.2) is 24.1 Å². The van der Waals surface area contributed by atoms with Gasteiger partial charge >= 0.3 is 29.2 Å². The minimum atomic E-state index is -4.64. The molecule has 0 aromatic heterocycles. The van der Waals surface area contributed by atoms with Crippen molar-refractivity contribution < 1.29 is 50.3 Å². The summed E-state index contributed by atoms with van der Waals surface area (Å²) in [6.07, 6.45) is -3.50. The molecule has 1 aromatic carbocycles. The van der Waals surface area contributed by atoms with Crippen molar-refractivity contribution in [1.82, 2.24) is 4.90 Å². The molecule has 0 unspecified atom stereocenters. The average Bonchev–Trinajstić information content (AvgIpc) is 2.68. The third-order valence-electron chi connectivity index (χ3n) is 4.21. The van der Waals surface area contributed by atoms with E-state index in [0.717, 1.165) is 12.1 Å². The second-order valence-electron chi connectivity index (χ2n) is 6.78. The molecule has 2 amide bonds. The van der Waals surface area contributed by atoms with Gasteiger partial charge in [0.25, 0.3) is 0 Å². The Morgan fingerprint density at radius 1 is 1.12 bits per heavy atom. The number of carbonyl (C=O) groups is 4. The summed E-state index contributed by atoms with van der Waals surface area (Å²) in [5.74, 6) is -7.81. The van der Waals surface area contributed by atoms with E-state index in [9.17, 15) is 45.5 Å². The Hall–Kier alpha value is -2.83. The van der Waals surface area contributed by atoms with Gasteiger partial charge in [0, 0.05) is 6.54 Å². The molecule has 1 heterocycles. The van der Waals surface area contributed by atoms with E-state index in [1.165, 1.54) is 4.90 Å². The summed E-state index contributed by atoms with van der Waals surface area (Å²) in [6.45, 7) is 0.348. The molecule has 2 N–H and O–H groups in total. The zero-order valence-electron chi connectivity index (χ0n) is 16.3. The van der Waals surface area contributed by atoms with Crippen LogP contribution in [0, 0.1) is 23.4 Å². The Morgan fingerprint density at radius 3 is 2.09 bits per heavy atom. The average molecular weight is 491 g/mol. The van der Waals surface area contributed by atoms with Gasteiger partial charge in [0.2, 0.25) is 0 Å². The molecule has 0 spiro atoms. The maximum atomic E-state index is 13.3. The zero-order valence-corrected chi connectivity index (χ0v) is 17.1. The fourth-order valence-corrected chi connectivity index (χ4v) is 2.89. The van der Waals surface area contributed by atoms with E-state index in [1.54, 1.807) is 0 Å². The molecule has 1 aliphatic rings. The second-order valence-corrected chi connectivity index (χ2v) is 7.13. The number of primary amides is 1. The van der Waals surface area contributed by atoms with Crippen molar-refractivity contribution in [3.05, 3.63) is 35.1 Å². The van der Waals surface area contributed by atoms with E-state index in [1.807, 2.05) is 6.92 Å². The van der Waals surface area contributed by atoms with Crippen LogP contribution < -0.4 is 5.73 Å². The Labute approximate surface area is 182 Å². The largest absolute Gasteiger partial charge is 0.449 e. The summed E-state index contributed by atoms with van der Waals surface area (Å²) in [4.78, 5) is 43.9. The molecule has 2 atom stereocenters. The lowest BCUT2D eigenvalue weighted by Crippen LogP contribution is -2.47. The number of esters is 1. The molecular formula is C18H17ClF6N2O5. The van der Waals surface area contributed by atoms with E-state index in [-0.39, 0.29) is 18.0 Å². The smallest absolute Gasteiger partial charge is 0.422 e. The number of halogens is 7. The summed E-state index contributed by atoms with van der Waals surface area (Å²) in [5.41, 5.74) is 5.12. The van der Waals surface area contributed by atoms with Crippen LogP contribution in [0.5, 0.6) is 0 Å². The van der Waals surface area contributed by atoms with Crippen LogP contribution in [0.25, 0.3) is 0 Å². The maximum absolute atomic E-state index is 13.3. The number of carbonyl (C=O) groups excluding carboxylic acids is 4. The first-order chi connectivity index (χ1) is 14.6. The summed E-state index contributed by atoms with van der Waals surface area (Å²) < 4.78 is 76.9. The van der Waals surface area contributed by atoms with Crippen molar-refractivity contribution in [2.75, 3.05) is 13.2 Å². The second kappa shape index (κ2) is 11.2. The minimum absolute atomic E-state index is 0.118. The van der Waals surface area contributed by atoms with Gasteiger partial charge in [-0.2, -0.15) is 13.2 Å². The molecule has 0 bridgehead atoms. The lowest BCUT2D eigenvalue weighted by molar-refractivity contribution is -0.185. The highest BCUT2D eigenvalue weighted by Gasteiger charge is 2.34. The highest BCUT2D eigenvalue weighted by molar-refractivity contribution is 6.80. The number of nitrogens with two attached hydrogens (primary N) is 1. The van der Waals surface area contributed by atoms with Gasteiger partial charge in [0.1, 0.15) is 0 Å². The minimum Gasteiger partial charge on any atom is -0.449 e. The van der Waals surface area contributed by atoms with Crippen LogP contribution in [0.2, 0.25) is 0 Å². The number of piperidine rings is 1. The number of likely N-dealkylation sites (tertiary alicyclic amines) is 1. The summed E-state index contributed by atoms with van der Waals surface area (Å²) in [6, 6.07) is 1.01. The van der Waals surface area contributed by atoms with E-state index >= 15 is 0 Å². The fourth-order valence-electron chi connectivity index (χ4n) is 2.84. The van der Waals surface area contributed by atoms with Crippen LogP contribution in [0.3, 0.4) is 0 Å². The SMILES string of the molecule is C[C@H]1CC[C@H](c2cc(F)c(F)c(F)c2)N(C(=O)C(N)=O)C1.O=C(Cl)C(=O)OCC(F)(F)F. The highest BCUT2D eigenvalue weighted by atomic mass is 35.5. The predicted molar refractivity (Wildman–Crippen MR) is 96.2 cm³/mol. The summed E-state index contributed by atoms with van der Waals surface area (Å²) in [7, 11) is 0. The summed E-state index contributed by atoms with van der Waals surface area (Å²) in [5, 5.41) is -1.57. The molecule has 0 aliphatic carbocycles. The molecule has 1 fully saturated rings. The zero-order chi connectivity index (χ0) is 24.8. The lowest BCUT2D eigenvalue weighted by atomic mass is 9.89. The first kappa shape index (κ1) is 27.2. The van der Waals surface area contributed by atoms with Gasteiger partial charge in [-0.1, -0.05) is 6.92 Å². The van der Waals surface area contributed by atoms with E-state index in [0.29, 0.717) is 12.8 Å². The number of nitrogens with zero attached hydrogens (tertiary/aromatic N) is 1. The molecule has 0 saturated carbocycles. The van der Waals surface area contributed by atoms with E-state index in [2.05, 4.69) is 16.3 Å². The van der Waals surface area contributed by atoms with Gasteiger partial charge in [-0.15, -0.1) is 0 Å². The number of hydrogen-bond acceptors (Lipinski definition) is 5. The number of benzene rings is 1. The maximum Gasteiger partial charge on any atom is 0.422 e. The molecule has 0 radical (unpaired) electrons. The molecule has 14 heteroatoms. The number of rotatable bonds is 3. The van der Waals surface area contributed by atoms with Crippen LogP contribution >= 0.6 is 11.6 Å². The Kier molecular flexibility index (Phi) is 9.49. The van der Waals surface area contributed by atoms with Crippen molar-refractivity contribution in [2.45, 2.75) is 32.0 Å². The molecule has 1 aliphatic heterocycles. The van der Waals surface area contributed by atoms with Crippen molar-refractivity contribution in [2.24, 2.45) is 11.7 Å². The monoisotopic (exact) mass is 490 g/mol. The number of alkyl halides is 3. The van der Waals surface area contributed by atoms with Crippen LogP contribution in [0.15, 0.2) is 12.1 Å². The molecule has 7 nitrogen and oxygen atoms in total. The van der Waals surface area contributed by atoms with Crippen molar-refractivity contribution in [3.8, 4) is 0 Å². The number of hydrogen-bond donors (Lipinski definition) is 1. The summed E-state index contributed by atoms with van der Waals surface area (Å²) >= 11 is 4.48. The number of amides is 2. The van der Waals surface area contributed by atoms with E-state index in [4.69, 9.17) is 5.73 Å². The third-order valence-corrected chi connectivity index (χ3v) is 4.36. The quantitative estimate of drug-likeness (QED) is 0.230. The molecule has 1 saturated heterocycles. The van der Waals surface area contributed by atoms with Crippen LogP contribution in [0.1, 0.15) is 31.4 Å². The Bertz CT molecular complexity index is 872.